The summed E-state index contributed by atoms with van der Waals surface area (Å²) in [5, 5.41) is 2.95. The van der Waals surface area contributed by atoms with Crippen LogP contribution < -0.4 is 14.8 Å². The third-order valence-electron chi connectivity index (χ3n) is 5.09. The molecule has 0 aliphatic rings. The van der Waals surface area contributed by atoms with Crippen LogP contribution in [0.25, 0.3) is 0 Å². The molecule has 0 aliphatic heterocycles. The van der Waals surface area contributed by atoms with Crippen LogP contribution in [0.2, 0.25) is 0 Å². The number of methoxy groups -OCH3 is 2. The number of carbonyl (C=O) groups excluding carboxylic acids is 2. The number of nitrogens with zero attached hydrogens (tertiary/aromatic N) is 1. The predicted molar refractivity (Wildman–Crippen MR) is 122 cm³/mol. The summed E-state index contributed by atoms with van der Waals surface area (Å²) in [6, 6.07) is 14.9. The van der Waals surface area contributed by atoms with Gasteiger partial charge in [-0.2, -0.15) is 0 Å². The van der Waals surface area contributed by atoms with E-state index in [0.717, 1.165) is 11.1 Å². The highest BCUT2D eigenvalue weighted by atomic mass is 16.5. The Morgan fingerprint density at radius 2 is 1.65 bits per heavy atom. The minimum Gasteiger partial charge on any atom is -0.493 e. The SMILES string of the molecule is CC[C@@H](C(=O)NC(C)C)N(Cc1ccccc1)C(=O)CCc1ccc(OC)c(OC)c1. The van der Waals surface area contributed by atoms with Crippen molar-refractivity contribution < 1.29 is 19.1 Å². The molecule has 0 saturated heterocycles. The molecule has 0 unspecified atom stereocenters. The van der Waals surface area contributed by atoms with Gasteiger partial charge in [-0.3, -0.25) is 9.59 Å². The van der Waals surface area contributed by atoms with Crippen molar-refractivity contribution in [2.45, 2.75) is 58.7 Å². The molecule has 168 valence electrons. The Kier molecular flexibility index (Phi) is 9.38. The van der Waals surface area contributed by atoms with Gasteiger partial charge in [-0.15, -0.1) is 0 Å². The summed E-state index contributed by atoms with van der Waals surface area (Å²) in [4.78, 5) is 27.8. The summed E-state index contributed by atoms with van der Waals surface area (Å²) >= 11 is 0. The average Bonchev–Trinajstić information content (AvgIpc) is 2.77. The Bertz CT molecular complexity index is 852. The van der Waals surface area contributed by atoms with E-state index in [4.69, 9.17) is 9.47 Å². The van der Waals surface area contributed by atoms with Gasteiger partial charge < -0.3 is 19.7 Å². The third-order valence-corrected chi connectivity index (χ3v) is 5.09. The van der Waals surface area contributed by atoms with E-state index in [1.807, 2.05) is 69.3 Å². The Morgan fingerprint density at radius 1 is 0.968 bits per heavy atom. The highest BCUT2D eigenvalue weighted by Crippen LogP contribution is 2.28. The van der Waals surface area contributed by atoms with Crippen molar-refractivity contribution in [3.63, 3.8) is 0 Å². The monoisotopic (exact) mass is 426 g/mol. The van der Waals surface area contributed by atoms with Crippen LogP contribution in [0, 0.1) is 0 Å². The van der Waals surface area contributed by atoms with Crippen LogP contribution in [0.4, 0.5) is 0 Å². The lowest BCUT2D eigenvalue weighted by Crippen LogP contribution is -2.50. The summed E-state index contributed by atoms with van der Waals surface area (Å²) in [6.45, 7) is 6.18. The molecule has 6 nitrogen and oxygen atoms in total. The van der Waals surface area contributed by atoms with Crippen molar-refractivity contribution in [2.75, 3.05) is 14.2 Å². The van der Waals surface area contributed by atoms with Gasteiger partial charge in [0.05, 0.1) is 14.2 Å². The maximum absolute atomic E-state index is 13.3. The zero-order valence-electron chi connectivity index (χ0n) is 19.2. The molecule has 1 N–H and O–H groups in total. The molecule has 2 aromatic rings. The van der Waals surface area contributed by atoms with E-state index in [-0.39, 0.29) is 17.9 Å². The number of carbonyl (C=O) groups is 2. The molecule has 2 aromatic carbocycles. The smallest absolute Gasteiger partial charge is 0.243 e. The van der Waals surface area contributed by atoms with Crippen LogP contribution in [-0.2, 0) is 22.6 Å². The molecule has 1 atom stereocenters. The lowest BCUT2D eigenvalue weighted by molar-refractivity contribution is -0.141. The average molecular weight is 427 g/mol. The van der Waals surface area contributed by atoms with Crippen LogP contribution >= 0.6 is 0 Å². The number of nitrogens with one attached hydrogen (secondary N) is 1. The summed E-state index contributed by atoms with van der Waals surface area (Å²) < 4.78 is 10.6. The Balaban J connectivity index is 2.19. The standard InChI is InChI=1S/C25H34N2O4/c1-6-21(25(29)26-18(2)3)27(17-20-10-8-7-9-11-20)24(28)15-13-19-12-14-22(30-4)23(16-19)31-5/h7-12,14,16,18,21H,6,13,15,17H2,1-5H3,(H,26,29)/t21-/m0/s1. The second kappa shape index (κ2) is 12.0. The molecule has 0 fully saturated rings. The summed E-state index contributed by atoms with van der Waals surface area (Å²) in [5.41, 5.74) is 1.98. The van der Waals surface area contributed by atoms with Gasteiger partial charge in [0, 0.05) is 19.0 Å². The molecule has 0 heterocycles. The molecule has 0 aliphatic carbocycles. The maximum Gasteiger partial charge on any atom is 0.243 e. The highest BCUT2D eigenvalue weighted by Gasteiger charge is 2.28. The van der Waals surface area contributed by atoms with Crippen molar-refractivity contribution in [1.82, 2.24) is 10.2 Å². The second-order valence-corrected chi connectivity index (χ2v) is 7.78. The van der Waals surface area contributed by atoms with Gasteiger partial charge >= 0.3 is 0 Å². The Morgan fingerprint density at radius 3 is 2.23 bits per heavy atom. The molecule has 2 amide bonds. The zero-order valence-corrected chi connectivity index (χ0v) is 19.2. The number of rotatable bonds is 11. The first-order chi connectivity index (χ1) is 14.9. The summed E-state index contributed by atoms with van der Waals surface area (Å²) in [7, 11) is 3.18. The lowest BCUT2D eigenvalue weighted by Gasteiger charge is -2.31. The van der Waals surface area contributed by atoms with Gasteiger partial charge in [-0.25, -0.2) is 0 Å². The van der Waals surface area contributed by atoms with Crippen molar-refractivity contribution in [1.29, 1.82) is 0 Å². The van der Waals surface area contributed by atoms with Gasteiger partial charge in [0.2, 0.25) is 11.8 Å². The normalized spacial score (nSPS) is 11.7. The molecular weight excluding hydrogens is 392 g/mol. The van der Waals surface area contributed by atoms with Gasteiger partial charge in [-0.05, 0) is 49.9 Å². The van der Waals surface area contributed by atoms with Gasteiger partial charge in [0.25, 0.3) is 0 Å². The first-order valence-corrected chi connectivity index (χ1v) is 10.7. The number of hydrogen-bond donors (Lipinski definition) is 1. The quantitative estimate of drug-likeness (QED) is 0.590. The third kappa shape index (κ3) is 7.02. The van der Waals surface area contributed by atoms with Crippen molar-refractivity contribution in [3.05, 3.63) is 59.7 Å². The Labute approximate surface area is 185 Å². The van der Waals surface area contributed by atoms with Crippen LogP contribution in [0.15, 0.2) is 48.5 Å². The molecule has 0 radical (unpaired) electrons. The van der Waals surface area contributed by atoms with E-state index in [9.17, 15) is 9.59 Å². The van der Waals surface area contributed by atoms with E-state index in [0.29, 0.717) is 37.3 Å². The van der Waals surface area contributed by atoms with Gasteiger partial charge in [0.1, 0.15) is 6.04 Å². The van der Waals surface area contributed by atoms with Crippen molar-refractivity contribution in [2.24, 2.45) is 0 Å². The number of ether oxygens (including phenoxy) is 2. The molecule has 0 spiro atoms. The molecule has 2 rings (SSSR count). The number of hydrogen-bond acceptors (Lipinski definition) is 4. The maximum atomic E-state index is 13.3. The zero-order chi connectivity index (χ0) is 22.8. The number of aryl methyl sites for hydroxylation is 1. The van der Waals surface area contributed by atoms with Crippen LogP contribution in [0.1, 0.15) is 44.7 Å². The molecule has 0 bridgehead atoms. The molecule has 31 heavy (non-hydrogen) atoms. The molecule has 0 aromatic heterocycles. The fourth-order valence-corrected chi connectivity index (χ4v) is 3.51. The topological polar surface area (TPSA) is 67.9 Å². The van der Waals surface area contributed by atoms with Crippen molar-refractivity contribution >= 4 is 11.8 Å². The first-order valence-electron chi connectivity index (χ1n) is 10.7. The minimum absolute atomic E-state index is 0.0157. The fraction of sp³-hybridized carbons (Fsp3) is 0.440. The van der Waals surface area contributed by atoms with Crippen LogP contribution in [0.3, 0.4) is 0 Å². The minimum atomic E-state index is -0.513. The number of benzene rings is 2. The lowest BCUT2D eigenvalue weighted by atomic mass is 10.1. The molecular formula is C25H34N2O4. The van der Waals surface area contributed by atoms with Crippen molar-refractivity contribution in [3.8, 4) is 11.5 Å². The van der Waals surface area contributed by atoms with E-state index in [1.54, 1.807) is 19.1 Å². The van der Waals surface area contributed by atoms with Gasteiger partial charge in [0.15, 0.2) is 11.5 Å². The molecule has 0 saturated carbocycles. The van der Waals surface area contributed by atoms with E-state index in [1.165, 1.54) is 0 Å². The predicted octanol–water partition coefficient (Wildman–Crippen LogP) is 3.97. The van der Waals surface area contributed by atoms with E-state index >= 15 is 0 Å². The van der Waals surface area contributed by atoms with E-state index in [2.05, 4.69) is 5.32 Å². The van der Waals surface area contributed by atoms with Crippen LogP contribution in [0.5, 0.6) is 11.5 Å². The Hall–Kier alpha value is -3.02. The summed E-state index contributed by atoms with van der Waals surface area (Å²) in [6.07, 6.45) is 1.40. The van der Waals surface area contributed by atoms with Gasteiger partial charge in [-0.1, -0.05) is 43.3 Å². The first kappa shape index (κ1) is 24.3. The van der Waals surface area contributed by atoms with Crippen LogP contribution in [-0.4, -0.2) is 43.0 Å². The summed E-state index contributed by atoms with van der Waals surface area (Å²) in [5.74, 6) is 1.12. The highest BCUT2D eigenvalue weighted by molar-refractivity contribution is 5.87. The molecule has 6 heteroatoms. The second-order valence-electron chi connectivity index (χ2n) is 7.78. The largest absolute Gasteiger partial charge is 0.493 e. The fourth-order valence-electron chi connectivity index (χ4n) is 3.51. The number of amides is 2. The van der Waals surface area contributed by atoms with E-state index < -0.39 is 6.04 Å².